The van der Waals surface area contributed by atoms with Crippen molar-refractivity contribution < 1.29 is 21.6 Å². The van der Waals surface area contributed by atoms with Crippen LogP contribution in [-0.2, 0) is 19.7 Å². The summed E-state index contributed by atoms with van der Waals surface area (Å²) in [4.78, 5) is 14.1. The molecule has 0 unspecified atom stereocenters. The van der Waals surface area contributed by atoms with Crippen LogP contribution in [0.15, 0.2) is 59.5 Å². The molecule has 0 radical (unpaired) electrons. The van der Waals surface area contributed by atoms with Crippen molar-refractivity contribution in [1.82, 2.24) is 0 Å². The van der Waals surface area contributed by atoms with Crippen LogP contribution in [0.1, 0.15) is 16.8 Å². The maximum Gasteiger partial charge on any atom is 0.258 e. The number of sulfone groups is 2. The third-order valence-corrected chi connectivity index (χ3v) is 8.66. The predicted molar refractivity (Wildman–Crippen MR) is 99.9 cm³/mol. The summed E-state index contributed by atoms with van der Waals surface area (Å²) in [7, 11) is -5.51. The van der Waals surface area contributed by atoms with Crippen LogP contribution in [0.5, 0.6) is 0 Å². The Morgan fingerprint density at radius 1 is 1.08 bits per heavy atom. The lowest BCUT2D eigenvalue weighted by molar-refractivity contribution is 0.0993. The fourth-order valence-electron chi connectivity index (χ4n) is 2.97. The van der Waals surface area contributed by atoms with Gasteiger partial charge in [0.25, 0.3) is 5.91 Å². The van der Waals surface area contributed by atoms with Crippen molar-refractivity contribution in [2.45, 2.75) is 16.6 Å². The molecule has 0 aliphatic carbocycles. The second kappa shape index (κ2) is 6.85. The highest BCUT2D eigenvalue weighted by molar-refractivity contribution is 7.96. The number of nitrogens with zero attached hydrogens (tertiary/aromatic N) is 1. The van der Waals surface area contributed by atoms with Gasteiger partial charge in [-0.05, 0) is 36.8 Å². The number of para-hydroxylation sites is 1. The Balaban J connectivity index is 1.90. The molecule has 0 N–H and O–H groups in total. The first-order chi connectivity index (χ1) is 12.2. The molecule has 138 valence electrons. The van der Waals surface area contributed by atoms with Gasteiger partial charge in [-0.1, -0.05) is 24.3 Å². The van der Waals surface area contributed by atoms with E-state index in [-0.39, 0.29) is 34.3 Å². The monoisotopic (exact) mass is 393 g/mol. The molecule has 3 rings (SSSR count). The van der Waals surface area contributed by atoms with Gasteiger partial charge < -0.3 is 4.90 Å². The molecular weight excluding hydrogens is 374 g/mol. The zero-order valence-electron chi connectivity index (χ0n) is 14.2. The Bertz CT molecular complexity index is 1030. The molecule has 0 saturated carbocycles. The molecule has 8 heteroatoms. The number of carbonyl (C=O) groups is 1. The van der Waals surface area contributed by atoms with E-state index in [0.717, 1.165) is 0 Å². The molecule has 26 heavy (non-hydrogen) atoms. The van der Waals surface area contributed by atoms with Crippen LogP contribution in [0.2, 0.25) is 0 Å². The fourth-order valence-corrected chi connectivity index (χ4v) is 7.37. The van der Waals surface area contributed by atoms with E-state index in [1.165, 1.54) is 23.1 Å². The second-order valence-corrected chi connectivity index (χ2v) is 10.8. The van der Waals surface area contributed by atoms with E-state index in [2.05, 4.69) is 0 Å². The first-order valence-electron chi connectivity index (χ1n) is 8.08. The highest BCUT2D eigenvalue weighted by atomic mass is 32.2. The highest BCUT2D eigenvalue weighted by Crippen LogP contribution is 2.26. The minimum absolute atomic E-state index is 0.0214. The summed E-state index contributed by atoms with van der Waals surface area (Å²) in [5, 5.41) is -0.954. The van der Waals surface area contributed by atoms with Gasteiger partial charge >= 0.3 is 0 Å². The molecule has 1 aliphatic heterocycles. The zero-order valence-corrected chi connectivity index (χ0v) is 15.8. The van der Waals surface area contributed by atoms with E-state index in [1.807, 2.05) is 6.07 Å². The molecule has 0 spiro atoms. The standard InChI is InChI=1S/C18H19NO5S2/c1-19(15-7-3-2-4-8-15)18(20)14-6-5-9-16(12-14)26(23,24)17-10-11-25(21,22)13-17/h2-9,12,17H,10-11,13H2,1H3/t17-/m1/s1. The number of carbonyl (C=O) groups excluding carboxylic acids is 1. The van der Waals surface area contributed by atoms with Crippen LogP contribution in [0.3, 0.4) is 0 Å². The van der Waals surface area contributed by atoms with Crippen molar-refractivity contribution in [3.63, 3.8) is 0 Å². The van der Waals surface area contributed by atoms with Crippen LogP contribution in [0.25, 0.3) is 0 Å². The maximum atomic E-state index is 12.7. The molecule has 6 nitrogen and oxygen atoms in total. The van der Waals surface area contributed by atoms with Gasteiger partial charge in [0.1, 0.15) is 0 Å². The molecule has 1 aliphatic rings. The van der Waals surface area contributed by atoms with E-state index < -0.39 is 24.9 Å². The molecule has 1 fully saturated rings. The Morgan fingerprint density at radius 2 is 1.77 bits per heavy atom. The number of hydrogen-bond acceptors (Lipinski definition) is 5. The van der Waals surface area contributed by atoms with Crippen molar-refractivity contribution in [3.8, 4) is 0 Å². The largest absolute Gasteiger partial charge is 0.311 e. The molecule has 0 bridgehead atoms. The first kappa shape index (κ1) is 18.6. The average molecular weight is 393 g/mol. The van der Waals surface area contributed by atoms with Gasteiger partial charge in [-0.15, -0.1) is 0 Å². The molecule has 1 atom stereocenters. The van der Waals surface area contributed by atoms with E-state index in [0.29, 0.717) is 5.69 Å². The normalized spacial score (nSPS) is 19.2. The van der Waals surface area contributed by atoms with Gasteiger partial charge in [0.15, 0.2) is 19.7 Å². The van der Waals surface area contributed by atoms with E-state index in [4.69, 9.17) is 0 Å². The minimum atomic E-state index is -3.81. The van der Waals surface area contributed by atoms with E-state index >= 15 is 0 Å². The third-order valence-electron chi connectivity index (χ3n) is 4.49. The lowest BCUT2D eigenvalue weighted by Gasteiger charge is -2.18. The van der Waals surface area contributed by atoms with Gasteiger partial charge in [0.2, 0.25) is 0 Å². The van der Waals surface area contributed by atoms with Crippen molar-refractivity contribution in [3.05, 3.63) is 60.2 Å². The van der Waals surface area contributed by atoms with Crippen molar-refractivity contribution in [1.29, 1.82) is 0 Å². The SMILES string of the molecule is CN(C(=O)c1cccc(S(=O)(=O)[C@@H]2CCS(=O)(=O)C2)c1)c1ccccc1. The maximum absolute atomic E-state index is 12.7. The first-order valence-corrected chi connectivity index (χ1v) is 11.4. The summed E-state index contributed by atoms with van der Waals surface area (Å²) < 4.78 is 48.7. The average Bonchev–Trinajstić information content (AvgIpc) is 3.02. The van der Waals surface area contributed by atoms with Gasteiger partial charge in [-0.3, -0.25) is 4.79 Å². The highest BCUT2D eigenvalue weighted by Gasteiger charge is 2.38. The summed E-state index contributed by atoms with van der Waals surface area (Å²) in [6, 6.07) is 14.8. The number of rotatable bonds is 4. The predicted octanol–water partition coefficient (Wildman–Crippen LogP) is 1.92. The Labute approximate surface area is 153 Å². The third kappa shape index (κ3) is 3.66. The minimum Gasteiger partial charge on any atom is -0.311 e. The summed E-state index contributed by atoms with van der Waals surface area (Å²) in [5.74, 6) is -0.823. The Hall–Kier alpha value is -2.19. The van der Waals surface area contributed by atoms with Crippen LogP contribution in [-0.4, -0.2) is 46.5 Å². The van der Waals surface area contributed by atoms with E-state index in [1.54, 1.807) is 37.4 Å². The van der Waals surface area contributed by atoms with Gasteiger partial charge in [0.05, 0.1) is 21.7 Å². The Kier molecular flexibility index (Phi) is 4.90. The molecule has 1 saturated heterocycles. The molecular formula is C18H19NO5S2. The number of hydrogen-bond donors (Lipinski definition) is 0. The Morgan fingerprint density at radius 3 is 2.38 bits per heavy atom. The molecule has 1 heterocycles. The molecule has 1 amide bonds. The lowest BCUT2D eigenvalue weighted by Crippen LogP contribution is -2.27. The quantitative estimate of drug-likeness (QED) is 0.792. The molecule has 0 aromatic heterocycles. The molecule has 2 aromatic rings. The fraction of sp³-hybridized carbons (Fsp3) is 0.278. The topological polar surface area (TPSA) is 88.6 Å². The summed E-state index contributed by atoms with van der Waals surface area (Å²) in [6.45, 7) is 0. The summed E-state index contributed by atoms with van der Waals surface area (Å²) in [6.07, 6.45) is 0.0900. The van der Waals surface area contributed by atoms with Crippen LogP contribution < -0.4 is 4.90 Å². The van der Waals surface area contributed by atoms with Gasteiger partial charge in [-0.25, -0.2) is 16.8 Å². The van der Waals surface area contributed by atoms with E-state index in [9.17, 15) is 21.6 Å². The van der Waals surface area contributed by atoms with Crippen LogP contribution in [0.4, 0.5) is 5.69 Å². The second-order valence-electron chi connectivity index (χ2n) is 6.30. The zero-order chi connectivity index (χ0) is 18.9. The van der Waals surface area contributed by atoms with Crippen molar-refractivity contribution in [2.75, 3.05) is 23.5 Å². The lowest BCUT2D eigenvalue weighted by atomic mass is 10.2. The number of amides is 1. The number of anilines is 1. The van der Waals surface area contributed by atoms with Crippen LogP contribution in [0, 0.1) is 0 Å². The van der Waals surface area contributed by atoms with Crippen molar-refractivity contribution >= 4 is 31.3 Å². The smallest absolute Gasteiger partial charge is 0.258 e. The number of benzene rings is 2. The van der Waals surface area contributed by atoms with Crippen molar-refractivity contribution in [2.24, 2.45) is 0 Å². The summed E-state index contributed by atoms with van der Waals surface area (Å²) >= 11 is 0. The summed E-state index contributed by atoms with van der Waals surface area (Å²) in [5.41, 5.74) is 0.922. The van der Waals surface area contributed by atoms with Gasteiger partial charge in [0, 0.05) is 18.3 Å². The van der Waals surface area contributed by atoms with Crippen LogP contribution >= 0.6 is 0 Å². The van der Waals surface area contributed by atoms with Gasteiger partial charge in [-0.2, -0.15) is 0 Å². The molecule has 2 aromatic carbocycles.